The molecule has 4 aromatic rings. The number of nitrogens with one attached hydrogen (secondary N) is 1. The summed E-state index contributed by atoms with van der Waals surface area (Å²) in [6, 6.07) is 14.5. The molecule has 0 spiro atoms. The van der Waals surface area contributed by atoms with Crippen LogP contribution in [-0.2, 0) is 6.18 Å². The Bertz CT molecular complexity index is 1240. The number of imidazole rings is 1. The summed E-state index contributed by atoms with van der Waals surface area (Å²) in [5.41, 5.74) is 10.2. The summed E-state index contributed by atoms with van der Waals surface area (Å²) < 4.78 is 40.1. The van der Waals surface area contributed by atoms with Crippen molar-refractivity contribution in [1.29, 1.82) is 0 Å². The van der Waals surface area contributed by atoms with Crippen molar-refractivity contribution in [3.05, 3.63) is 72.1 Å². The standard InChI is InChI=1S/C20H14F3N5S/c21-20(22,23)14-3-5-15(6-4-14)28-11-25-18-16-7-1-12(10-26-27-19(24)29)9-13(16)2-8-17(18)28/h1-11H,(H3,24,27,29)/b26-10+. The molecule has 0 aliphatic heterocycles. The van der Waals surface area contributed by atoms with Crippen molar-refractivity contribution in [1.82, 2.24) is 15.0 Å². The summed E-state index contributed by atoms with van der Waals surface area (Å²) in [4.78, 5) is 4.47. The maximum Gasteiger partial charge on any atom is 0.416 e. The Kier molecular flexibility index (Phi) is 4.67. The van der Waals surface area contributed by atoms with Gasteiger partial charge >= 0.3 is 6.18 Å². The Labute approximate surface area is 168 Å². The van der Waals surface area contributed by atoms with E-state index in [2.05, 4.69) is 15.5 Å². The van der Waals surface area contributed by atoms with Crippen LogP contribution in [-0.4, -0.2) is 20.9 Å². The van der Waals surface area contributed by atoms with E-state index in [0.29, 0.717) is 5.69 Å². The zero-order valence-corrected chi connectivity index (χ0v) is 15.6. The van der Waals surface area contributed by atoms with Crippen molar-refractivity contribution in [2.75, 3.05) is 0 Å². The number of rotatable bonds is 3. The van der Waals surface area contributed by atoms with Crippen molar-refractivity contribution < 1.29 is 13.2 Å². The van der Waals surface area contributed by atoms with Crippen molar-refractivity contribution in [2.45, 2.75) is 6.18 Å². The zero-order valence-electron chi connectivity index (χ0n) is 14.8. The van der Waals surface area contributed by atoms with E-state index in [-0.39, 0.29) is 5.11 Å². The topological polar surface area (TPSA) is 68.2 Å². The van der Waals surface area contributed by atoms with Crippen LogP contribution in [0.25, 0.3) is 27.5 Å². The number of hydrogen-bond donors (Lipinski definition) is 2. The van der Waals surface area contributed by atoms with Gasteiger partial charge < -0.3 is 5.73 Å². The molecule has 0 saturated carbocycles. The van der Waals surface area contributed by atoms with Gasteiger partial charge in [-0.05, 0) is 59.6 Å². The fourth-order valence-electron chi connectivity index (χ4n) is 3.10. The molecule has 0 unspecified atom stereocenters. The van der Waals surface area contributed by atoms with E-state index in [1.165, 1.54) is 12.1 Å². The summed E-state index contributed by atoms with van der Waals surface area (Å²) in [6.07, 6.45) is -1.16. The summed E-state index contributed by atoms with van der Waals surface area (Å²) in [5, 5.41) is 5.90. The van der Waals surface area contributed by atoms with Crippen LogP contribution in [0.15, 0.2) is 66.0 Å². The van der Waals surface area contributed by atoms with Crippen LogP contribution in [0.4, 0.5) is 13.2 Å². The number of halogens is 3. The summed E-state index contributed by atoms with van der Waals surface area (Å²) in [7, 11) is 0. The number of hydrazone groups is 1. The van der Waals surface area contributed by atoms with Crippen LogP contribution in [0.2, 0.25) is 0 Å². The van der Waals surface area contributed by atoms with Crippen LogP contribution >= 0.6 is 12.2 Å². The van der Waals surface area contributed by atoms with Crippen LogP contribution in [0.5, 0.6) is 0 Å². The molecule has 1 heterocycles. The second kappa shape index (κ2) is 7.17. The van der Waals surface area contributed by atoms with Crippen molar-refractivity contribution in [3.8, 4) is 5.69 Å². The quantitative estimate of drug-likeness (QED) is 0.297. The molecule has 0 saturated heterocycles. The third-order valence-corrected chi connectivity index (χ3v) is 4.51. The first kappa shape index (κ1) is 18.9. The molecule has 0 atom stereocenters. The number of nitrogens with two attached hydrogens (primary N) is 1. The van der Waals surface area contributed by atoms with Gasteiger partial charge in [0.1, 0.15) is 6.33 Å². The molecular formula is C20H14F3N5S. The van der Waals surface area contributed by atoms with Crippen molar-refractivity contribution in [2.24, 2.45) is 10.8 Å². The molecule has 4 rings (SSSR count). The monoisotopic (exact) mass is 413 g/mol. The SMILES string of the molecule is NC(=S)N/N=C/c1ccc2c(ccc3c2ncn3-c2ccc(C(F)(F)F)cc2)c1. The molecule has 3 aromatic carbocycles. The Morgan fingerprint density at radius 3 is 2.55 bits per heavy atom. The number of nitrogens with zero attached hydrogens (tertiary/aromatic N) is 3. The molecule has 0 amide bonds. The number of benzene rings is 3. The van der Waals surface area contributed by atoms with Crippen LogP contribution in [0, 0.1) is 0 Å². The van der Waals surface area contributed by atoms with Crippen molar-refractivity contribution >= 4 is 45.4 Å². The number of thiocarbonyl (C=S) groups is 1. The van der Waals surface area contributed by atoms with E-state index in [4.69, 9.17) is 18.0 Å². The molecule has 9 heteroatoms. The van der Waals surface area contributed by atoms with E-state index < -0.39 is 11.7 Å². The van der Waals surface area contributed by atoms with Gasteiger partial charge in [0.25, 0.3) is 0 Å². The van der Waals surface area contributed by atoms with Crippen LogP contribution in [0.3, 0.4) is 0 Å². The van der Waals surface area contributed by atoms with E-state index in [1.807, 2.05) is 30.3 Å². The highest BCUT2D eigenvalue weighted by Crippen LogP contribution is 2.31. The van der Waals surface area contributed by atoms with E-state index in [1.54, 1.807) is 17.1 Å². The van der Waals surface area contributed by atoms with Gasteiger partial charge in [0, 0.05) is 11.1 Å². The maximum atomic E-state index is 12.8. The average molecular weight is 413 g/mol. The minimum absolute atomic E-state index is 0.0811. The lowest BCUT2D eigenvalue weighted by Crippen LogP contribution is -2.23. The lowest BCUT2D eigenvalue weighted by molar-refractivity contribution is -0.137. The van der Waals surface area contributed by atoms with Crippen LogP contribution in [0.1, 0.15) is 11.1 Å². The Hall–Kier alpha value is -3.46. The van der Waals surface area contributed by atoms with E-state index >= 15 is 0 Å². The van der Waals surface area contributed by atoms with Crippen molar-refractivity contribution in [3.63, 3.8) is 0 Å². The third kappa shape index (κ3) is 3.77. The van der Waals surface area contributed by atoms with Gasteiger partial charge in [-0.2, -0.15) is 18.3 Å². The molecule has 5 nitrogen and oxygen atoms in total. The molecule has 29 heavy (non-hydrogen) atoms. The van der Waals surface area contributed by atoms with Gasteiger partial charge in [-0.1, -0.05) is 18.2 Å². The lowest BCUT2D eigenvalue weighted by Gasteiger charge is -2.09. The summed E-state index contributed by atoms with van der Waals surface area (Å²) >= 11 is 4.70. The first-order valence-electron chi connectivity index (χ1n) is 8.49. The Balaban J connectivity index is 1.72. The van der Waals surface area contributed by atoms with Gasteiger partial charge in [-0.3, -0.25) is 9.99 Å². The smallest absolute Gasteiger partial charge is 0.375 e. The molecule has 0 aliphatic carbocycles. The third-order valence-electron chi connectivity index (χ3n) is 4.42. The number of hydrogen-bond acceptors (Lipinski definition) is 3. The lowest BCUT2D eigenvalue weighted by atomic mass is 10.1. The largest absolute Gasteiger partial charge is 0.416 e. The molecule has 0 bridgehead atoms. The molecule has 0 radical (unpaired) electrons. The molecule has 146 valence electrons. The second-order valence-electron chi connectivity index (χ2n) is 6.31. The van der Waals surface area contributed by atoms with E-state index in [0.717, 1.165) is 39.5 Å². The average Bonchev–Trinajstić information content (AvgIpc) is 3.11. The minimum Gasteiger partial charge on any atom is -0.375 e. The Morgan fingerprint density at radius 2 is 1.86 bits per heavy atom. The highest BCUT2D eigenvalue weighted by Gasteiger charge is 2.30. The normalized spacial score (nSPS) is 12.1. The van der Waals surface area contributed by atoms with E-state index in [9.17, 15) is 13.2 Å². The minimum atomic E-state index is -4.36. The second-order valence-corrected chi connectivity index (χ2v) is 6.75. The predicted octanol–water partition coefficient (Wildman–Crippen LogP) is 4.36. The van der Waals surface area contributed by atoms with Gasteiger partial charge in [0.05, 0.1) is 22.8 Å². The fraction of sp³-hybridized carbons (Fsp3) is 0.0500. The number of fused-ring (bicyclic) bond motifs is 3. The van der Waals surface area contributed by atoms with Crippen LogP contribution < -0.4 is 11.2 Å². The summed E-state index contributed by atoms with van der Waals surface area (Å²) in [5.74, 6) is 0. The predicted molar refractivity (Wildman–Crippen MR) is 111 cm³/mol. The van der Waals surface area contributed by atoms with Gasteiger partial charge in [-0.25, -0.2) is 4.98 Å². The first-order chi connectivity index (χ1) is 13.8. The molecule has 0 aliphatic rings. The molecular weight excluding hydrogens is 399 g/mol. The fourth-order valence-corrected chi connectivity index (χ4v) is 3.15. The highest BCUT2D eigenvalue weighted by molar-refractivity contribution is 7.80. The highest BCUT2D eigenvalue weighted by atomic mass is 32.1. The molecule has 1 aromatic heterocycles. The molecule has 0 fully saturated rings. The van der Waals surface area contributed by atoms with Gasteiger partial charge in [0.2, 0.25) is 0 Å². The van der Waals surface area contributed by atoms with Gasteiger partial charge in [-0.15, -0.1) is 0 Å². The van der Waals surface area contributed by atoms with Gasteiger partial charge in [0.15, 0.2) is 5.11 Å². The maximum absolute atomic E-state index is 12.8. The summed E-state index contributed by atoms with van der Waals surface area (Å²) in [6.45, 7) is 0. The first-order valence-corrected chi connectivity index (χ1v) is 8.90. The number of alkyl halides is 3. The Morgan fingerprint density at radius 1 is 1.10 bits per heavy atom. The molecule has 3 N–H and O–H groups in total. The zero-order chi connectivity index (χ0) is 20.6. The number of aromatic nitrogens is 2.